The van der Waals surface area contributed by atoms with E-state index < -0.39 is 10.8 Å². The van der Waals surface area contributed by atoms with E-state index in [4.69, 9.17) is 9.47 Å². The lowest BCUT2D eigenvalue weighted by Gasteiger charge is -2.39. The fourth-order valence-corrected chi connectivity index (χ4v) is 13.7. The van der Waals surface area contributed by atoms with Crippen molar-refractivity contribution in [2.75, 3.05) is 4.90 Å². The van der Waals surface area contributed by atoms with Gasteiger partial charge in [0.05, 0.1) is 10.8 Å². The van der Waals surface area contributed by atoms with Gasteiger partial charge in [-0.1, -0.05) is 218 Å². The summed E-state index contributed by atoms with van der Waals surface area (Å²) in [6.07, 6.45) is 0. The summed E-state index contributed by atoms with van der Waals surface area (Å²) in [5, 5.41) is 0. The normalized spacial score (nSPS) is 13.9. The lowest BCUT2D eigenvalue weighted by Crippen LogP contribution is -2.32. The first-order valence-electron chi connectivity index (χ1n) is 26.6. The summed E-state index contributed by atoms with van der Waals surface area (Å²) in [4.78, 5) is 2.39. The fourth-order valence-electron chi connectivity index (χ4n) is 13.7. The summed E-state index contributed by atoms with van der Waals surface area (Å²) in [6.45, 7) is 0. The van der Waals surface area contributed by atoms with E-state index in [1.165, 1.54) is 72.3 Å². The molecular weight excluding hydrogens is 935 g/mol. The third-order valence-corrected chi connectivity index (χ3v) is 16.8. The first-order chi connectivity index (χ1) is 38.2. The Bertz CT molecular complexity index is 4250. The number of nitrogens with zero attached hydrogens (tertiary/aromatic N) is 1. The van der Waals surface area contributed by atoms with Crippen molar-refractivity contribution in [2.24, 2.45) is 0 Å². The molecule has 3 nitrogen and oxygen atoms in total. The molecule has 2 aliphatic heterocycles. The minimum atomic E-state index is -0.535. The smallest absolute Gasteiger partial charge is 0.132 e. The topological polar surface area (TPSA) is 21.7 Å². The monoisotopic (exact) mass is 981 g/mol. The van der Waals surface area contributed by atoms with Gasteiger partial charge < -0.3 is 14.4 Å². The second-order valence-corrected chi connectivity index (χ2v) is 20.6. The van der Waals surface area contributed by atoms with Crippen molar-refractivity contribution in [2.45, 2.75) is 10.8 Å². The van der Waals surface area contributed by atoms with Gasteiger partial charge in [-0.25, -0.2) is 0 Å². The van der Waals surface area contributed by atoms with E-state index in [1.54, 1.807) is 0 Å². The number of hydrogen-bond donors (Lipinski definition) is 0. The Hall–Kier alpha value is -9.96. The van der Waals surface area contributed by atoms with Gasteiger partial charge in [0, 0.05) is 39.3 Å². The summed E-state index contributed by atoms with van der Waals surface area (Å²) in [6, 6.07) is 104. The standard InChI is InChI=1S/C74H47NO2/c1-2-18-48(19-3-1)49-36-41-53(42-37-49)75(54-43-38-50(39-44-54)56-24-17-31-67-72(56)58-23-5-7-26-61(58)74(67)65-29-10-14-34-70(65)77-71-35-15-11-30-66(71)74)55-21-16-20-51(46-55)52-40-45-62-59(47-52)57-22-4-6-25-60(57)73(62)63-27-8-12-32-68(63)76-69-33-13-9-28-64(69)73/h1-47H. The molecule has 2 heterocycles. The molecule has 0 atom stereocenters. The molecule has 16 rings (SSSR count). The lowest BCUT2D eigenvalue weighted by molar-refractivity contribution is 0.436. The number of benzene rings is 12. The molecule has 12 aromatic rings. The minimum absolute atomic E-state index is 0.515. The number of hydrogen-bond acceptors (Lipinski definition) is 3. The first kappa shape index (κ1) is 43.4. The number of ether oxygens (including phenoxy) is 2. The highest BCUT2D eigenvalue weighted by Crippen LogP contribution is 2.65. The zero-order chi connectivity index (χ0) is 50.7. The second-order valence-electron chi connectivity index (χ2n) is 20.6. The molecule has 2 aliphatic carbocycles. The molecule has 2 spiro atoms. The van der Waals surface area contributed by atoms with Crippen molar-refractivity contribution in [3.8, 4) is 78.6 Å². The van der Waals surface area contributed by atoms with Crippen LogP contribution in [0.2, 0.25) is 0 Å². The van der Waals surface area contributed by atoms with E-state index in [1.807, 2.05) is 0 Å². The molecule has 360 valence electrons. The van der Waals surface area contributed by atoms with Gasteiger partial charge in [-0.05, 0) is 145 Å². The van der Waals surface area contributed by atoms with Gasteiger partial charge in [0.1, 0.15) is 23.0 Å². The molecule has 0 radical (unpaired) electrons. The van der Waals surface area contributed by atoms with Crippen LogP contribution in [0.15, 0.2) is 285 Å². The van der Waals surface area contributed by atoms with E-state index in [9.17, 15) is 0 Å². The summed E-state index contributed by atoms with van der Waals surface area (Å²) < 4.78 is 13.3. The highest BCUT2D eigenvalue weighted by molar-refractivity contribution is 5.97. The van der Waals surface area contributed by atoms with Gasteiger partial charge in [0.2, 0.25) is 0 Å². The van der Waals surface area contributed by atoms with Crippen molar-refractivity contribution in [3.05, 3.63) is 330 Å². The van der Waals surface area contributed by atoms with E-state index in [-0.39, 0.29) is 0 Å². The van der Waals surface area contributed by atoms with Gasteiger partial charge in [0.15, 0.2) is 0 Å². The molecule has 0 unspecified atom stereocenters. The summed E-state index contributed by atoms with van der Waals surface area (Å²) in [5.41, 5.74) is 23.9. The van der Waals surface area contributed by atoms with Gasteiger partial charge in [-0.3, -0.25) is 0 Å². The second kappa shape index (κ2) is 16.8. The average molecular weight is 982 g/mol. The number of anilines is 3. The van der Waals surface area contributed by atoms with Crippen molar-refractivity contribution < 1.29 is 9.47 Å². The van der Waals surface area contributed by atoms with Gasteiger partial charge in [0.25, 0.3) is 0 Å². The van der Waals surface area contributed by atoms with Crippen LogP contribution in [0.5, 0.6) is 23.0 Å². The largest absolute Gasteiger partial charge is 0.457 e. The molecule has 0 amide bonds. The van der Waals surface area contributed by atoms with E-state index in [0.717, 1.165) is 67.9 Å². The summed E-state index contributed by atoms with van der Waals surface area (Å²) >= 11 is 0. The Balaban J connectivity index is 0.827. The van der Waals surface area contributed by atoms with Crippen LogP contribution >= 0.6 is 0 Å². The molecule has 12 aromatic carbocycles. The Kier molecular flexibility index (Phi) is 9.47. The Morgan fingerprint density at radius 2 is 0.610 bits per heavy atom. The van der Waals surface area contributed by atoms with Crippen LogP contribution in [0.25, 0.3) is 55.6 Å². The molecular formula is C74H47NO2. The maximum Gasteiger partial charge on any atom is 0.132 e. The highest BCUT2D eigenvalue weighted by atomic mass is 16.5. The molecule has 0 bridgehead atoms. The summed E-state index contributed by atoms with van der Waals surface area (Å²) in [7, 11) is 0. The lowest BCUT2D eigenvalue weighted by atomic mass is 9.66. The van der Waals surface area contributed by atoms with Gasteiger partial charge >= 0.3 is 0 Å². The predicted molar refractivity (Wildman–Crippen MR) is 312 cm³/mol. The Morgan fingerprint density at radius 3 is 1.21 bits per heavy atom. The summed E-state index contributed by atoms with van der Waals surface area (Å²) in [5.74, 6) is 3.59. The van der Waals surface area contributed by atoms with Crippen molar-refractivity contribution >= 4 is 17.1 Å². The highest BCUT2D eigenvalue weighted by Gasteiger charge is 2.53. The predicted octanol–water partition coefficient (Wildman–Crippen LogP) is 19.1. The van der Waals surface area contributed by atoms with E-state index >= 15 is 0 Å². The quantitative estimate of drug-likeness (QED) is 0.166. The zero-order valence-electron chi connectivity index (χ0n) is 41.9. The van der Waals surface area contributed by atoms with Crippen LogP contribution in [0.3, 0.4) is 0 Å². The average Bonchev–Trinajstić information content (AvgIpc) is 3.97. The molecule has 3 heteroatoms. The van der Waals surface area contributed by atoms with Crippen LogP contribution in [-0.4, -0.2) is 0 Å². The van der Waals surface area contributed by atoms with Crippen LogP contribution in [0.1, 0.15) is 44.5 Å². The van der Waals surface area contributed by atoms with Crippen molar-refractivity contribution in [1.82, 2.24) is 0 Å². The number of fused-ring (bicyclic) bond motifs is 18. The molecule has 77 heavy (non-hydrogen) atoms. The van der Waals surface area contributed by atoms with E-state index in [2.05, 4.69) is 290 Å². The van der Waals surface area contributed by atoms with Crippen molar-refractivity contribution in [3.63, 3.8) is 0 Å². The fraction of sp³-hybridized carbons (Fsp3) is 0.0270. The van der Waals surface area contributed by atoms with E-state index in [0.29, 0.717) is 0 Å². The molecule has 0 aromatic heterocycles. The number of para-hydroxylation sites is 4. The molecule has 0 N–H and O–H groups in total. The molecule has 0 fully saturated rings. The molecule has 0 saturated carbocycles. The molecule has 0 saturated heterocycles. The van der Waals surface area contributed by atoms with Gasteiger partial charge in [-0.2, -0.15) is 0 Å². The third-order valence-electron chi connectivity index (χ3n) is 16.8. The maximum atomic E-state index is 6.64. The minimum Gasteiger partial charge on any atom is -0.457 e. The SMILES string of the molecule is c1ccc(-c2ccc(N(c3ccc(-c4cccc5c4-c4ccccc4C54c5ccccc5Oc5ccccc54)cc3)c3cccc(-c4ccc5c(c4)-c4ccccc4C54c5ccccc5Oc5ccccc54)c3)cc2)cc1. The van der Waals surface area contributed by atoms with Crippen LogP contribution in [0.4, 0.5) is 17.1 Å². The van der Waals surface area contributed by atoms with Gasteiger partial charge in [-0.15, -0.1) is 0 Å². The van der Waals surface area contributed by atoms with Crippen molar-refractivity contribution in [1.29, 1.82) is 0 Å². The van der Waals surface area contributed by atoms with Crippen LogP contribution in [0, 0.1) is 0 Å². The van der Waals surface area contributed by atoms with Crippen LogP contribution < -0.4 is 14.4 Å². The number of rotatable bonds is 6. The Morgan fingerprint density at radius 1 is 0.221 bits per heavy atom. The maximum absolute atomic E-state index is 6.64. The zero-order valence-corrected chi connectivity index (χ0v) is 41.9. The first-order valence-corrected chi connectivity index (χ1v) is 26.6. The van der Waals surface area contributed by atoms with Crippen LogP contribution in [-0.2, 0) is 10.8 Å². The molecule has 4 aliphatic rings. The third kappa shape index (κ3) is 6.20. The Labute approximate surface area is 448 Å².